The van der Waals surface area contributed by atoms with E-state index in [1.54, 1.807) is 4.90 Å². The molecule has 2 aliphatic heterocycles. The Morgan fingerprint density at radius 3 is 2.50 bits per heavy atom. The number of carbonyl (C=O) groups excluding carboxylic acids is 1. The third-order valence-electron chi connectivity index (χ3n) is 3.86. The highest BCUT2D eigenvalue weighted by atomic mass is 16.6. The second kappa shape index (κ2) is 6.24. The van der Waals surface area contributed by atoms with Crippen LogP contribution in [0.1, 0.15) is 12.0 Å². The van der Waals surface area contributed by atoms with Gasteiger partial charge in [-0.1, -0.05) is 30.3 Å². The van der Waals surface area contributed by atoms with Crippen LogP contribution in [-0.2, 0) is 16.1 Å². The average molecular weight is 276 g/mol. The highest BCUT2D eigenvalue weighted by Crippen LogP contribution is 2.18. The third kappa shape index (κ3) is 3.11. The predicted molar refractivity (Wildman–Crippen MR) is 74.1 cm³/mol. The van der Waals surface area contributed by atoms with Gasteiger partial charge in [0.1, 0.15) is 12.8 Å². The van der Waals surface area contributed by atoms with Gasteiger partial charge in [0, 0.05) is 32.6 Å². The maximum Gasteiger partial charge on any atom is 0.410 e. The average Bonchev–Trinajstić information content (AvgIpc) is 2.45. The van der Waals surface area contributed by atoms with Crippen LogP contribution in [0.25, 0.3) is 0 Å². The zero-order valence-electron chi connectivity index (χ0n) is 11.5. The summed E-state index contributed by atoms with van der Waals surface area (Å²) in [4.78, 5) is 16.1. The number of amides is 1. The largest absolute Gasteiger partial charge is 0.445 e. The van der Waals surface area contributed by atoms with E-state index in [9.17, 15) is 4.79 Å². The van der Waals surface area contributed by atoms with Crippen molar-refractivity contribution in [1.82, 2.24) is 9.80 Å². The molecule has 0 radical (unpaired) electrons. The Kier molecular flexibility index (Phi) is 4.18. The van der Waals surface area contributed by atoms with Crippen LogP contribution >= 0.6 is 0 Å². The molecule has 0 bridgehead atoms. The van der Waals surface area contributed by atoms with Gasteiger partial charge in [0.25, 0.3) is 0 Å². The van der Waals surface area contributed by atoms with Crippen molar-refractivity contribution < 1.29 is 14.3 Å². The van der Waals surface area contributed by atoms with E-state index in [0.29, 0.717) is 19.7 Å². The lowest BCUT2D eigenvalue weighted by Crippen LogP contribution is -2.55. The minimum atomic E-state index is -0.219. The van der Waals surface area contributed by atoms with Gasteiger partial charge < -0.3 is 14.4 Å². The highest BCUT2D eigenvalue weighted by molar-refractivity contribution is 5.67. The maximum absolute atomic E-state index is 12.0. The fourth-order valence-corrected chi connectivity index (χ4v) is 2.51. The molecule has 0 saturated carbocycles. The normalized spacial score (nSPS) is 23.2. The van der Waals surface area contributed by atoms with E-state index in [4.69, 9.17) is 9.47 Å². The zero-order valence-corrected chi connectivity index (χ0v) is 11.5. The molecular weight excluding hydrogens is 256 g/mol. The van der Waals surface area contributed by atoms with Gasteiger partial charge in [-0.2, -0.15) is 0 Å². The van der Waals surface area contributed by atoms with Crippen LogP contribution in [0, 0.1) is 0 Å². The predicted octanol–water partition coefficient (Wildman–Crippen LogP) is 1.69. The van der Waals surface area contributed by atoms with Crippen molar-refractivity contribution in [1.29, 1.82) is 0 Å². The first-order valence-corrected chi connectivity index (χ1v) is 7.14. The minimum Gasteiger partial charge on any atom is -0.445 e. The topological polar surface area (TPSA) is 42.0 Å². The number of piperazine rings is 1. The van der Waals surface area contributed by atoms with Crippen LogP contribution in [0.15, 0.2) is 30.3 Å². The molecule has 0 spiro atoms. The smallest absolute Gasteiger partial charge is 0.410 e. The lowest BCUT2D eigenvalue weighted by Gasteiger charge is -2.42. The molecule has 5 nitrogen and oxygen atoms in total. The molecule has 20 heavy (non-hydrogen) atoms. The lowest BCUT2D eigenvalue weighted by atomic mass is 10.2. The van der Waals surface area contributed by atoms with Crippen molar-refractivity contribution in [3.8, 4) is 0 Å². The number of ether oxygens (including phenoxy) is 2. The number of nitrogens with zero attached hydrogens (tertiary/aromatic N) is 2. The van der Waals surface area contributed by atoms with E-state index in [-0.39, 0.29) is 12.3 Å². The summed E-state index contributed by atoms with van der Waals surface area (Å²) >= 11 is 0. The van der Waals surface area contributed by atoms with Crippen LogP contribution in [0.3, 0.4) is 0 Å². The fraction of sp³-hybridized carbons (Fsp3) is 0.533. The summed E-state index contributed by atoms with van der Waals surface area (Å²) < 4.78 is 10.8. The van der Waals surface area contributed by atoms with Crippen LogP contribution in [0.4, 0.5) is 4.79 Å². The molecule has 1 amide bonds. The zero-order chi connectivity index (χ0) is 13.8. The first kappa shape index (κ1) is 13.4. The molecule has 108 valence electrons. The molecule has 5 heteroatoms. The molecule has 0 aliphatic carbocycles. The molecule has 2 saturated heterocycles. The number of hydrogen-bond acceptors (Lipinski definition) is 4. The summed E-state index contributed by atoms with van der Waals surface area (Å²) in [6, 6.07) is 9.76. The minimum absolute atomic E-state index is 0.219. The summed E-state index contributed by atoms with van der Waals surface area (Å²) in [6.07, 6.45) is 1.17. The van der Waals surface area contributed by atoms with E-state index in [2.05, 4.69) is 4.90 Å². The number of hydrogen-bond donors (Lipinski definition) is 0. The van der Waals surface area contributed by atoms with Crippen LogP contribution < -0.4 is 0 Å². The molecule has 3 rings (SSSR count). The fourth-order valence-electron chi connectivity index (χ4n) is 2.51. The first-order chi connectivity index (χ1) is 9.83. The molecule has 0 aromatic heterocycles. The van der Waals surface area contributed by atoms with E-state index >= 15 is 0 Å². The van der Waals surface area contributed by atoms with Gasteiger partial charge in [0.15, 0.2) is 0 Å². The SMILES string of the molecule is O=C(OCc1ccccc1)N1CCN(C2CCO2)CC1. The van der Waals surface area contributed by atoms with Gasteiger partial charge in [-0.05, 0) is 5.56 Å². The van der Waals surface area contributed by atoms with Gasteiger partial charge in [0.2, 0.25) is 0 Å². The summed E-state index contributed by atoms with van der Waals surface area (Å²) in [7, 11) is 0. The van der Waals surface area contributed by atoms with Gasteiger partial charge in [-0.3, -0.25) is 4.90 Å². The lowest BCUT2D eigenvalue weighted by molar-refractivity contribution is -0.152. The van der Waals surface area contributed by atoms with Crippen molar-refractivity contribution in [2.24, 2.45) is 0 Å². The maximum atomic E-state index is 12.0. The summed E-state index contributed by atoms with van der Waals surface area (Å²) in [6.45, 7) is 4.37. The van der Waals surface area contributed by atoms with Crippen molar-refractivity contribution >= 4 is 6.09 Å². The Labute approximate surface area is 119 Å². The van der Waals surface area contributed by atoms with E-state index in [1.807, 2.05) is 30.3 Å². The standard InChI is InChI=1S/C15H20N2O3/c18-15(20-12-13-4-2-1-3-5-13)17-9-7-16(8-10-17)14-6-11-19-14/h1-5,14H,6-12H2. The molecular formula is C15H20N2O3. The molecule has 1 unspecified atom stereocenters. The second-order valence-corrected chi connectivity index (χ2v) is 5.18. The van der Waals surface area contributed by atoms with Crippen LogP contribution in [0.2, 0.25) is 0 Å². The van der Waals surface area contributed by atoms with Gasteiger partial charge in [0.05, 0.1) is 6.61 Å². The summed E-state index contributed by atoms with van der Waals surface area (Å²) in [5.41, 5.74) is 1.02. The second-order valence-electron chi connectivity index (χ2n) is 5.18. The van der Waals surface area contributed by atoms with Crippen molar-refractivity contribution in [3.05, 3.63) is 35.9 Å². The van der Waals surface area contributed by atoms with Crippen LogP contribution in [0.5, 0.6) is 0 Å². The highest BCUT2D eigenvalue weighted by Gasteiger charge is 2.30. The molecule has 1 aromatic rings. The molecule has 1 aromatic carbocycles. The monoisotopic (exact) mass is 276 g/mol. The third-order valence-corrected chi connectivity index (χ3v) is 3.86. The van der Waals surface area contributed by atoms with Crippen molar-refractivity contribution in [3.63, 3.8) is 0 Å². The van der Waals surface area contributed by atoms with E-state index in [1.165, 1.54) is 0 Å². The number of rotatable bonds is 3. The molecule has 2 fully saturated rings. The molecule has 2 heterocycles. The van der Waals surface area contributed by atoms with E-state index in [0.717, 1.165) is 31.7 Å². The Morgan fingerprint density at radius 1 is 1.20 bits per heavy atom. The van der Waals surface area contributed by atoms with Gasteiger partial charge in [-0.25, -0.2) is 4.79 Å². The van der Waals surface area contributed by atoms with Gasteiger partial charge in [-0.15, -0.1) is 0 Å². The first-order valence-electron chi connectivity index (χ1n) is 7.14. The summed E-state index contributed by atoms with van der Waals surface area (Å²) in [5.74, 6) is 0. The quantitative estimate of drug-likeness (QED) is 0.842. The molecule has 0 N–H and O–H groups in total. The molecule has 2 aliphatic rings. The van der Waals surface area contributed by atoms with Crippen LogP contribution in [-0.4, -0.2) is 54.9 Å². The van der Waals surface area contributed by atoms with Gasteiger partial charge >= 0.3 is 6.09 Å². The Hall–Kier alpha value is -1.59. The Morgan fingerprint density at radius 2 is 1.90 bits per heavy atom. The molecule has 1 atom stereocenters. The Balaban J connectivity index is 1.42. The van der Waals surface area contributed by atoms with Crippen molar-refractivity contribution in [2.75, 3.05) is 32.8 Å². The summed E-state index contributed by atoms with van der Waals surface area (Å²) in [5, 5.41) is 0. The number of carbonyl (C=O) groups is 1. The van der Waals surface area contributed by atoms with Crippen molar-refractivity contribution in [2.45, 2.75) is 19.3 Å². The number of benzene rings is 1. The van der Waals surface area contributed by atoms with E-state index < -0.39 is 0 Å². The Bertz CT molecular complexity index is 440.